The van der Waals surface area contributed by atoms with Crippen LogP contribution in [0.3, 0.4) is 0 Å². The number of ether oxygens (including phenoxy) is 1. The van der Waals surface area contributed by atoms with Crippen molar-refractivity contribution in [3.05, 3.63) is 50.7 Å². The zero-order valence-electron chi connectivity index (χ0n) is 16.6. The van der Waals surface area contributed by atoms with E-state index < -0.39 is 0 Å². The van der Waals surface area contributed by atoms with Crippen LogP contribution < -0.4 is 10.6 Å². The van der Waals surface area contributed by atoms with E-state index in [1.807, 2.05) is 6.92 Å². The molecular formula is C19H26FIN4O2S. The zero-order chi connectivity index (χ0) is 20.0. The van der Waals surface area contributed by atoms with Crippen LogP contribution in [0.4, 0.5) is 4.39 Å². The summed E-state index contributed by atoms with van der Waals surface area (Å²) < 4.78 is 18.4. The van der Waals surface area contributed by atoms with E-state index in [0.29, 0.717) is 35.2 Å². The highest BCUT2D eigenvalue weighted by Gasteiger charge is 2.20. The van der Waals surface area contributed by atoms with Crippen molar-refractivity contribution in [3.8, 4) is 0 Å². The second kappa shape index (κ2) is 11.3. The average molecular weight is 520 g/mol. The first-order chi connectivity index (χ1) is 12.8. The van der Waals surface area contributed by atoms with Gasteiger partial charge in [0.25, 0.3) is 0 Å². The van der Waals surface area contributed by atoms with E-state index in [-0.39, 0.29) is 41.8 Å². The van der Waals surface area contributed by atoms with Gasteiger partial charge >= 0.3 is 5.97 Å². The topological polar surface area (TPSA) is 75.6 Å². The molecule has 0 saturated carbocycles. The summed E-state index contributed by atoms with van der Waals surface area (Å²) in [5.74, 6) is 0.0292. The van der Waals surface area contributed by atoms with Crippen molar-refractivity contribution < 1.29 is 13.9 Å². The fraction of sp³-hybridized carbons (Fsp3) is 0.421. The Hall–Kier alpha value is -1.75. The van der Waals surface area contributed by atoms with Crippen molar-refractivity contribution >= 4 is 47.2 Å². The van der Waals surface area contributed by atoms with Gasteiger partial charge in [0.05, 0.1) is 18.3 Å². The second-order valence-electron chi connectivity index (χ2n) is 6.06. The molecule has 9 heteroatoms. The Balaban J connectivity index is 0.00000392. The third kappa shape index (κ3) is 6.40. The molecule has 1 aromatic carbocycles. The number of nitrogens with one attached hydrogen (secondary N) is 2. The van der Waals surface area contributed by atoms with Gasteiger partial charge in [0, 0.05) is 13.6 Å². The highest BCUT2D eigenvalue weighted by atomic mass is 127. The average Bonchev–Trinajstić information content (AvgIpc) is 3.03. The summed E-state index contributed by atoms with van der Waals surface area (Å²) in [5.41, 5.74) is 2.22. The molecular weight excluding hydrogens is 494 g/mol. The third-order valence-corrected chi connectivity index (χ3v) is 5.22. The Bertz CT molecular complexity index is 841. The highest BCUT2D eigenvalue weighted by Crippen LogP contribution is 2.24. The number of hydrogen-bond acceptors (Lipinski definition) is 5. The Morgan fingerprint density at radius 1 is 1.39 bits per heavy atom. The molecule has 28 heavy (non-hydrogen) atoms. The van der Waals surface area contributed by atoms with Crippen LogP contribution in [0.2, 0.25) is 0 Å². The first-order valence-corrected chi connectivity index (χ1v) is 9.54. The highest BCUT2D eigenvalue weighted by molar-refractivity contribution is 14.0. The largest absolute Gasteiger partial charge is 0.462 e. The predicted octanol–water partition coefficient (Wildman–Crippen LogP) is 4.12. The van der Waals surface area contributed by atoms with Crippen molar-refractivity contribution in [2.75, 3.05) is 13.7 Å². The second-order valence-corrected chi connectivity index (χ2v) is 7.09. The van der Waals surface area contributed by atoms with Crippen molar-refractivity contribution in [2.24, 2.45) is 4.99 Å². The number of guanidine groups is 1. The van der Waals surface area contributed by atoms with Gasteiger partial charge in [0.1, 0.15) is 15.7 Å². The lowest BCUT2D eigenvalue weighted by Gasteiger charge is -2.16. The van der Waals surface area contributed by atoms with Crippen LogP contribution in [0, 0.1) is 19.7 Å². The molecule has 1 heterocycles. The molecule has 1 atom stereocenters. The molecule has 6 nitrogen and oxygen atoms in total. The fourth-order valence-electron chi connectivity index (χ4n) is 2.45. The molecule has 0 amide bonds. The van der Waals surface area contributed by atoms with Crippen molar-refractivity contribution in [2.45, 2.75) is 40.3 Å². The van der Waals surface area contributed by atoms with E-state index in [0.717, 1.165) is 10.6 Å². The van der Waals surface area contributed by atoms with Gasteiger partial charge in [0.15, 0.2) is 5.96 Å². The zero-order valence-corrected chi connectivity index (χ0v) is 19.8. The lowest BCUT2D eigenvalue weighted by atomic mass is 10.1. The number of aromatic nitrogens is 1. The minimum Gasteiger partial charge on any atom is -0.462 e. The standard InChI is InChI=1S/C19H25FN4O2S.HI/c1-6-26-18(25)16-12(3)23-17(27-16)13(4)24-19(21-5)22-10-14-7-8-15(20)11(2)9-14;/h7-9,13H,6,10H2,1-5H3,(H2,21,22,24);1H. The Morgan fingerprint density at radius 2 is 2.11 bits per heavy atom. The van der Waals surface area contributed by atoms with Crippen LogP contribution in [0.25, 0.3) is 0 Å². The van der Waals surface area contributed by atoms with Gasteiger partial charge in [-0.05, 0) is 44.9 Å². The first-order valence-electron chi connectivity index (χ1n) is 8.72. The Morgan fingerprint density at radius 3 is 2.71 bits per heavy atom. The van der Waals surface area contributed by atoms with E-state index in [1.54, 1.807) is 40.0 Å². The lowest BCUT2D eigenvalue weighted by Crippen LogP contribution is -2.38. The van der Waals surface area contributed by atoms with E-state index in [4.69, 9.17) is 4.74 Å². The molecule has 0 aliphatic rings. The van der Waals surface area contributed by atoms with E-state index in [1.165, 1.54) is 17.4 Å². The molecule has 0 spiro atoms. The number of rotatable bonds is 6. The van der Waals surface area contributed by atoms with Crippen molar-refractivity contribution in [1.29, 1.82) is 0 Å². The van der Waals surface area contributed by atoms with E-state index in [9.17, 15) is 9.18 Å². The summed E-state index contributed by atoms with van der Waals surface area (Å²) >= 11 is 1.31. The number of hydrogen-bond donors (Lipinski definition) is 2. The fourth-order valence-corrected chi connectivity index (χ4v) is 3.42. The Kier molecular flexibility index (Phi) is 9.80. The number of esters is 1. The predicted molar refractivity (Wildman–Crippen MR) is 121 cm³/mol. The molecule has 0 radical (unpaired) electrons. The number of benzene rings is 1. The maximum atomic E-state index is 13.4. The van der Waals surface area contributed by atoms with E-state index >= 15 is 0 Å². The molecule has 2 aromatic rings. The first kappa shape index (κ1) is 24.3. The lowest BCUT2D eigenvalue weighted by molar-refractivity contribution is 0.0531. The molecule has 0 saturated heterocycles. The minimum atomic E-state index is -0.347. The van der Waals surface area contributed by atoms with Gasteiger partial charge in [-0.15, -0.1) is 35.3 Å². The van der Waals surface area contributed by atoms with Gasteiger partial charge in [0.2, 0.25) is 0 Å². The number of carbonyl (C=O) groups is 1. The normalized spacial score (nSPS) is 12.1. The van der Waals surface area contributed by atoms with Gasteiger partial charge in [-0.2, -0.15) is 0 Å². The molecule has 1 unspecified atom stereocenters. The van der Waals surface area contributed by atoms with Crippen molar-refractivity contribution in [1.82, 2.24) is 15.6 Å². The summed E-state index contributed by atoms with van der Waals surface area (Å²) in [7, 11) is 1.68. The molecule has 0 bridgehead atoms. The maximum absolute atomic E-state index is 13.4. The van der Waals surface area contributed by atoms with Crippen LogP contribution in [0.5, 0.6) is 0 Å². The van der Waals surface area contributed by atoms with Crippen molar-refractivity contribution in [3.63, 3.8) is 0 Å². The molecule has 0 aliphatic carbocycles. The van der Waals surface area contributed by atoms with Crippen LogP contribution in [-0.2, 0) is 11.3 Å². The number of carbonyl (C=O) groups excluding carboxylic acids is 1. The van der Waals surface area contributed by atoms with Gasteiger partial charge in [-0.3, -0.25) is 4.99 Å². The molecule has 0 fully saturated rings. The summed E-state index contributed by atoms with van der Waals surface area (Å²) in [6, 6.07) is 4.86. The van der Waals surface area contributed by atoms with Crippen LogP contribution >= 0.6 is 35.3 Å². The molecule has 154 valence electrons. The quantitative estimate of drug-likeness (QED) is 0.260. The molecule has 1 aromatic heterocycles. The molecule has 2 N–H and O–H groups in total. The third-order valence-electron chi connectivity index (χ3n) is 3.90. The van der Waals surface area contributed by atoms with Gasteiger partial charge in [-0.25, -0.2) is 14.2 Å². The smallest absolute Gasteiger partial charge is 0.350 e. The maximum Gasteiger partial charge on any atom is 0.350 e. The summed E-state index contributed by atoms with van der Waals surface area (Å²) in [6.45, 7) is 8.10. The number of halogens is 2. The molecule has 2 rings (SSSR count). The summed E-state index contributed by atoms with van der Waals surface area (Å²) in [5, 5.41) is 7.22. The summed E-state index contributed by atoms with van der Waals surface area (Å²) in [6.07, 6.45) is 0. The minimum absolute atomic E-state index is 0. The van der Waals surface area contributed by atoms with E-state index in [2.05, 4.69) is 20.6 Å². The van der Waals surface area contributed by atoms with Gasteiger partial charge < -0.3 is 15.4 Å². The SMILES string of the molecule is CCOC(=O)c1sc(C(C)NC(=NC)NCc2ccc(F)c(C)c2)nc1C.I. The van der Waals surface area contributed by atoms with Crippen LogP contribution in [0.15, 0.2) is 23.2 Å². The number of aliphatic imine (C=N–C) groups is 1. The van der Waals surface area contributed by atoms with Crippen LogP contribution in [0.1, 0.15) is 51.4 Å². The Labute approximate surface area is 186 Å². The van der Waals surface area contributed by atoms with Gasteiger partial charge in [-0.1, -0.05) is 12.1 Å². The number of aryl methyl sites for hydroxylation is 2. The monoisotopic (exact) mass is 520 g/mol. The van der Waals surface area contributed by atoms with Crippen LogP contribution in [-0.4, -0.2) is 30.6 Å². The number of nitrogens with zero attached hydrogens (tertiary/aromatic N) is 2. The molecule has 0 aliphatic heterocycles. The summed E-state index contributed by atoms with van der Waals surface area (Å²) in [4.78, 5) is 21.2. The number of thiazole rings is 1.